The first-order chi connectivity index (χ1) is 11.9. The molecule has 0 spiro atoms. The Morgan fingerprint density at radius 3 is 2.36 bits per heavy atom. The van der Waals surface area contributed by atoms with Gasteiger partial charge in [-0.2, -0.15) is 0 Å². The maximum atomic E-state index is 11.7. The van der Waals surface area contributed by atoms with Crippen LogP contribution in [0.2, 0.25) is 0 Å². The normalized spacial score (nSPS) is 11.8. The van der Waals surface area contributed by atoms with Gasteiger partial charge in [0.15, 0.2) is 9.84 Å². The van der Waals surface area contributed by atoms with E-state index >= 15 is 0 Å². The zero-order valence-electron chi connectivity index (χ0n) is 16.1. The minimum atomic E-state index is -2.88. The van der Waals surface area contributed by atoms with Crippen molar-refractivity contribution < 1.29 is 13.2 Å². The minimum absolute atomic E-state index is 0.260. The van der Waals surface area contributed by atoms with Gasteiger partial charge >= 0.3 is 0 Å². The summed E-state index contributed by atoms with van der Waals surface area (Å²) in [7, 11) is -2.88. The number of benzene rings is 1. The van der Waals surface area contributed by atoms with E-state index in [0.29, 0.717) is 5.75 Å². The molecule has 0 unspecified atom stereocenters. The Kier molecular flexibility index (Phi) is 9.94. The van der Waals surface area contributed by atoms with Crippen molar-refractivity contribution in [2.45, 2.75) is 77.4 Å². The fraction of sp³-hybridized carbons (Fsp3) is 0.700. The van der Waals surface area contributed by atoms with Crippen molar-refractivity contribution >= 4 is 15.5 Å². The summed E-state index contributed by atoms with van der Waals surface area (Å²) in [6.07, 6.45) is 8.15. The summed E-state index contributed by atoms with van der Waals surface area (Å²) in [5.74, 6) is 1.16. The number of ether oxygens (including phenoxy) is 1. The summed E-state index contributed by atoms with van der Waals surface area (Å²) in [4.78, 5) is 0. The summed E-state index contributed by atoms with van der Waals surface area (Å²) in [6.45, 7) is 6.38. The van der Waals surface area contributed by atoms with Gasteiger partial charge < -0.3 is 10.5 Å². The molecule has 0 radical (unpaired) electrons. The first kappa shape index (κ1) is 21.8. The van der Waals surface area contributed by atoms with E-state index in [1.807, 2.05) is 12.1 Å². The summed E-state index contributed by atoms with van der Waals surface area (Å²) in [6, 6.07) is 5.98. The molecule has 2 N–H and O–H groups in total. The van der Waals surface area contributed by atoms with Crippen molar-refractivity contribution in [3.63, 3.8) is 0 Å². The minimum Gasteiger partial charge on any atom is -0.494 e. The molecule has 0 atom stereocenters. The molecule has 0 aliphatic heterocycles. The van der Waals surface area contributed by atoms with E-state index in [4.69, 9.17) is 10.5 Å². The van der Waals surface area contributed by atoms with Gasteiger partial charge in [-0.1, -0.05) is 38.7 Å². The van der Waals surface area contributed by atoms with Crippen LogP contribution < -0.4 is 10.5 Å². The summed E-state index contributed by atoms with van der Waals surface area (Å²) in [5.41, 5.74) is 8.09. The molecule has 0 bridgehead atoms. The number of rotatable bonds is 13. The van der Waals surface area contributed by atoms with Crippen molar-refractivity contribution in [2.24, 2.45) is 0 Å². The third-order valence-corrected chi connectivity index (χ3v) is 6.77. The first-order valence-electron chi connectivity index (χ1n) is 9.59. The molecule has 1 aromatic carbocycles. The van der Waals surface area contributed by atoms with Crippen LogP contribution in [-0.2, 0) is 16.3 Å². The number of unbranched alkanes of at least 4 members (excludes halogenated alkanes) is 5. The van der Waals surface area contributed by atoms with Crippen LogP contribution in [0.1, 0.15) is 71.3 Å². The number of aryl methyl sites for hydroxylation is 1. The smallest absolute Gasteiger partial charge is 0.152 e. The van der Waals surface area contributed by atoms with Crippen molar-refractivity contribution in [2.75, 3.05) is 18.1 Å². The Morgan fingerprint density at radius 2 is 1.72 bits per heavy atom. The maximum Gasteiger partial charge on any atom is 0.152 e. The molecule has 0 heterocycles. The molecular formula is C20H35NO3S. The molecule has 0 aliphatic rings. The average molecular weight is 370 g/mol. The number of anilines is 1. The van der Waals surface area contributed by atoms with Crippen LogP contribution in [-0.4, -0.2) is 26.0 Å². The molecule has 4 nitrogen and oxygen atoms in total. The van der Waals surface area contributed by atoms with Gasteiger partial charge in [0.25, 0.3) is 0 Å². The number of sulfone groups is 1. The van der Waals surface area contributed by atoms with Gasteiger partial charge in [-0.05, 0) is 51.2 Å². The van der Waals surface area contributed by atoms with Gasteiger partial charge in [0.1, 0.15) is 5.75 Å². The van der Waals surface area contributed by atoms with E-state index in [-0.39, 0.29) is 5.25 Å². The topological polar surface area (TPSA) is 69.4 Å². The lowest BCUT2D eigenvalue weighted by molar-refractivity contribution is 0.309. The van der Waals surface area contributed by atoms with Crippen molar-refractivity contribution in [3.05, 3.63) is 23.8 Å². The lowest BCUT2D eigenvalue weighted by Crippen LogP contribution is -2.17. The quantitative estimate of drug-likeness (QED) is 0.402. The molecule has 0 saturated heterocycles. The monoisotopic (exact) mass is 369 g/mol. The number of hydrogen-bond donors (Lipinski definition) is 1. The van der Waals surface area contributed by atoms with Gasteiger partial charge in [0.05, 0.1) is 17.6 Å². The predicted molar refractivity (Wildman–Crippen MR) is 107 cm³/mol. The molecule has 1 aromatic rings. The first-order valence-corrected chi connectivity index (χ1v) is 11.3. The van der Waals surface area contributed by atoms with Crippen LogP contribution in [0.3, 0.4) is 0 Å². The van der Waals surface area contributed by atoms with Gasteiger partial charge in [-0.3, -0.25) is 0 Å². The van der Waals surface area contributed by atoms with Crippen LogP contribution in [0, 0.1) is 0 Å². The lowest BCUT2D eigenvalue weighted by atomic mass is 10.0. The van der Waals surface area contributed by atoms with E-state index in [9.17, 15) is 8.42 Å². The SMILES string of the molecule is CCCCOc1ccc(CCCCCCCS(=O)(=O)C(C)C)c(N)c1. The molecule has 0 fully saturated rings. The van der Waals surface area contributed by atoms with Crippen LogP contribution in [0.4, 0.5) is 5.69 Å². The lowest BCUT2D eigenvalue weighted by Gasteiger charge is -2.10. The molecule has 5 heteroatoms. The second-order valence-corrected chi connectivity index (χ2v) is 9.67. The molecular weight excluding hydrogens is 334 g/mol. The van der Waals surface area contributed by atoms with Gasteiger partial charge in [0.2, 0.25) is 0 Å². The Bertz CT molecular complexity index is 597. The largest absolute Gasteiger partial charge is 0.494 e. The third-order valence-electron chi connectivity index (χ3n) is 4.48. The van der Waals surface area contributed by atoms with Crippen LogP contribution in [0.5, 0.6) is 5.75 Å². The Morgan fingerprint density at radius 1 is 1.04 bits per heavy atom. The number of nitrogens with two attached hydrogens (primary N) is 1. The standard InChI is InChI=1S/C20H35NO3S/c1-4-5-14-24-19-13-12-18(20(21)16-19)11-9-7-6-8-10-15-25(22,23)17(2)3/h12-13,16-17H,4-11,14-15,21H2,1-3H3. The maximum absolute atomic E-state index is 11.7. The second-order valence-electron chi connectivity index (χ2n) is 7.00. The molecule has 0 amide bonds. The third kappa shape index (κ3) is 8.61. The van der Waals surface area contributed by atoms with Crippen molar-refractivity contribution in [3.8, 4) is 5.75 Å². The fourth-order valence-electron chi connectivity index (χ4n) is 2.61. The van der Waals surface area contributed by atoms with Gasteiger partial charge in [0, 0.05) is 11.8 Å². The zero-order valence-corrected chi connectivity index (χ0v) is 16.9. The van der Waals surface area contributed by atoms with Crippen LogP contribution in [0.25, 0.3) is 0 Å². The Balaban J connectivity index is 2.21. The molecule has 1 rings (SSSR count). The second kappa shape index (κ2) is 11.4. The zero-order chi connectivity index (χ0) is 18.7. The summed E-state index contributed by atoms with van der Waals surface area (Å²) in [5, 5.41) is -0.260. The van der Waals surface area contributed by atoms with E-state index in [1.54, 1.807) is 13.8 Å². The molecule has 144 valence electrons. The summed E-state index contributed by atoms with van der Waals surface area (Å²) >= 11 is 0. The number of hydrogen-bond acceptors (Lipinski definition) is 4. The highest BCUT2D eigenvalue weighted by Crippen LogP contribution is 2.22. The van der Waals surface area contributed by atoms with Crippen LogP contribution in [0.15, 0.2) is 18.2 Å². The van der Waals surface area contributed by atoms with E-state index in [1.165, 1.54) is 5.56 Å². The van der Waals surface area contributed by atoms with E-state index in [2.05, 4.69) is 13.0 Å². The van der Waals surface area contributed by atoms with Crippen molar-refractivity contribution in [1.29, 1.82) is 0 Å². The fourth-order valence-corrected chi connectivity index (χ4v) is 3.69. The molecule has 25 heavy (non-hydrogen) atoms. The van der Waals surface area contributed by atoms with Crippen LogP contribution >= 0.6 is 0 Å². The average Bonchev–Trinajstić information content (AvgIpc) is 2.55. The number of nitrogen functional groups attached to an aromatic ring is 1. The summed E-state index contributed by atoms with van der Waals surface area (Å²) < 4.78 is 29.1. The van der Waals surface area contributed by atoms with Crippen molar-refractivity contribution in [1.82, 2.24) is 0 Å². The van der Waals surface area contributed by atoms with E-state index < -0.39 is 9.84 Å². The molecule has 0 saturated carbocycles. The van der Waals surface area contributed by atoms with Gasteiger partial charge in [-0.25, -0.2) is 8.42 Å². The van der Waals surface area contributed by atoms with Gasteiger partial charge in [-0.15, -0.1) is 0 Å². The van der Waals surface area contributed by atoms with E-state index in [0.717, 1.165) is 69.4 Å². The predicted octanol–water partition coefficient (Wildman–Crippen LogP) is 4.76. The molecule has 0 aliphatic carbocycles. The highest BCUT2D eigenvalue weighted by molar-refractivity contribution is 7.91. The Hall–Kier alpha value is -1.23. The highest BCUT2D eigenvalue weighted by atomic mass is 32.2. The Labute approximate surface area is 154 Å². The highest BCUT2D eigenvalue weighted by Gasteiger charge is 2.14. The molecule has 0 aromatic heterocycles.